The normalized spacial score (nSPS) is 13.1. The second kappa shape index (κ2) is 6.70. The van der Waals surface area contributed by atoms with Gasteiger partial charge in [-0.3, -0.25) is 9.48 Å². The van der Waals surface area contributed by atoms with Gasteiger partial charge in [-0.15, -0.1) is 0 Å². The number of hydrogen-bond donors (Lipinski definition) is 1. The number of rotatable bonds is 6. The molecule has 0 unspecified atom stereocenters. The van der Waals surface area contributed by atoms with Gasteiger partial charge in [0.1, 0.15) is 0 Å². The third-order valence-corrected chi connectivity index (χ3v) is 3.06. The number of carbonyl (C=O) groups is 1. The van der Waals surface area contributed by atoms with E-state index in [1.807, 2.05) is 32.0 Å². The van der Waals surface area contributed by atoms with E-state index in [2.05, 4.69) is 18.9 Å². The Morgan fingerprint density at radius 1 is 1.42 bits per heavy atom. The number of aryl methyl sites for hydroxylation is 1. The van der Waals surface area contributed by atoms with Crippen molar-refractivity contribution < 1.29 is 4.79 Å². The van der Waals surface area contributed by atoms with Crippen molar-refractivity contribution in [3.05, 3.63) is 18.0 Å². The summed E-state index contributed by atoms with van der Waals surface area (Å²) in [6, 6.07) is -0.287. The highest BCUT2D eigenvalue weighted by atomic mass is 16.2. The van der Waals surface area contributed by atoms with Crippen LogP contribution in [0.1, 0.15) is 39.7 Å². The van der Waals surface area contributed by atoms with Gasteiger partial charge in [-0.2, -0.15) is 5.10 Å². The first-order valence-corrected chi connectivity index (χ1v) is 6.84. The van der Waals surface area contributed by atoms with E-state index in [9.17, 15) is 4.79 Å². The van der Waals surface area contributed by atoms with Gasteiger partial charge in [0, 0.05) is 31.4 Å². The number of aromatic nitrogens is 2. The minimum absolute atomic E-state index is 0.0209. The van der Waals surface area contributed by atoms with Crippen LogP contribution in [0, 0.1) is 5.92 Å². The topological polar surface area (TPSA) is 64.2 Å². The van der Waals surface area contributed by atoms with E-state index in [0.29, 0.717) is 12.5 Å². The molecule has 1 atom stereocenters. The van der Waals surface area contributed by atoms with Crippen molar-refractivity contribution in [3.63, 3.8) is 0 Å². The molecule has 0 saturated heterocycles. The number of hydrogen-bond acceptors (Lipinski definition) is 3. The first-order valence-electron chi connectivity index (χ1n) is 6.84. The molecule has 1 amide bonds. The Hall–Kier alpha value is -1.36. The average Bonchev–Trinajstić information content (AvgIpc) is 2.69. The van der Waals surface area contributed by atoms with Gasteiger partial charge in [-0.05, 0) is 26.2 Å². The summed E-state index contributed by atoms with van der Waals surface area (Å²) < 4.78 is 1.74. The number of nitrogens with two attached hydrogens (primary N) is 1. The molecule has 5 heteroatoms. The molecule has 1 rings (SSSR count). The van der Waals surface area contributed by atoms with Gasteiger partial charge in [0.2, 0.25) is 5.91 Å². The molecule has 0 aliphatic heterocycles. The molecule has 1 aromatic rings. The molecule has 1 aromatic heterocycles. The maximum absolute atomic E-state index is 12.4. The molecule has 19 heavy (non-hydrogen) atoms. The van der Waals surface area contributed by atoms with Crippen molar-refractivity contribution in [2.45, 2.75) is 52.7 Å². The molecule has 0 fully saturated rings. The zero-order valence-electron chi connectivity index (χ0n) is 12.6. The van der Waals surface area contributed by atoms with Gasteiger partial charge in [0.25, 0.3) is 0 Å². The van der Waals surface area contributed by atoms with E-state index in [0.717, 1.165) is 12.0 Å². The summed E-state index contributed by atoms with van der Waals surface area (Å²) in [5.74, 6) is 0.443. The molecular weight excluding hydrogens is 240 g/mol. The summed E-state index contributed by atoms with van der Waals surface area (Å²) in [6.45, 7) is 8.74. The summed E-state index contributed by atoms with van der Waals surface area (Å²) in [5.41, 5.74) is 7.03. The highest BCUT2D eigenvalue weighted by Gasteiger charge is 2.24. The zero-order chi connectivity index (χ0) is 14.6. The van der Waals surface area contributed by atoms with E-state index < -0.39 is 6.04 Å². The fraction of sp³-hybridized carbons (Fsp3) is 0.714. The van der Waals surface area contributed by atoms with Gasteiger partial charge < -0.3 is 10.6 Å². The third-order valence-electron chi connectivity index (χ3n) is 3.06. The minimum Gasteiger partial charge on any atom is -0.334 e. The van der Waals surface area contributed by atoms with Crippen LogP contribution in [-0.2, 0) is 18.4 Å². The van der Waals surface area contributed by atoms with Crippen LogP contribution in [0.2, 0.25) is 0 Å². The van der Waals surface area contributed by atoms with Crippen molar-refractivity contribution in [3.8, 4) is 0 Å². The molecule has 0 spiro atoms. The van der Waals surface area contributed by atoms with Crippen LogP contribution in [-0.4, -0.2) is 32.7 Å². The summed E-state index contributed by atoms with van der Waals surface area (Å²) in [7, 11) is 1.87. The van der Waals surface area contributed by atoms with Crippen molar-refractivity contribution in [1.82, 2.24) is 14.7 Å². The van der Waals surface area contributed by atoms with E-state index >= 15 is 0 Å². The molecule has 0 bridgehead atoms. The Morgan fingerprint density at radius 3 is 2.47 bits per heavy atom. The van der Waals surface area contributed by atoms with Crippen molar-refractivity contribution >= 4 is 5.91 Å². The molecule has 5 nitrogen and oxygen atoms in total. The predicted molar refractivity (Wildman–Crippen MR) is 76.3 cm³/mol. The summed E-state index contributed by atoms with van der Waals surface area (Å²) in [5, 5.41) is 4.13. The molecule has 0 radical (unpaired) electrons. The highest BCUT2D eigenvalue weighted by molar-refractivity contribution is 5.81. The zero-order valence-corrected chi connectivity index (χ0v) is 12.6. The van der Waals surface area contributed by atoms with Gasteiger partial charge in [0.05, 0.1) is 12.2 Å². The fourth-order valence-electron chi connectivity index (χ4n) is 2.09. The van der Waals surface area contributed by atoms with Gasteiger partial charge in [-0.1, -0.05) is 13.8 Å². The Labute approximate surface area is 115 Å². The van der Waals surface area contributed by atoms with Gasteiger partial charge in [0.15, 0.2) is 0 Å². The summed E-state index contributed by atoms with van der Waals surface area (Å²) in [4.78, 5) is 14.2. The third kappa shape index (κ3) is 4.67. The van der Waals surface area contributed by atoms with Crippen LogP contribution >= 0.6 is 0 Å². The lowest BCUT2D eigenvalue weighted by Gasteiger charge is -2.29. The molecule has 0 aliphatic rings. The Morgan fingerprint density at radius 2 is 2.05 bits per heavy atom. The van der Waals surface area contributed by atoms with Gasteiger partial charge in [-0.25, -0.2) is 0 Å². The second-order valence-corrected chi connectivity index (χ2v) is 5.82. The van der Waals surface area contributed by atoms with Crippen LogP contribution in [0.4, 0.5) is 0 Å². The van der Waals surface area contributed by atoms with Crippen molar-refractivity contribution in [1.29, 1.82) is 0 Å². The lowest BCUT2D eigenvalue weighted by Crippen LogP contribution is -2.47. The van der Waals surface area contributed by atoms with E-state index in [1.54, 1.807) is 10.9 Å². The van der Waals surface area contributed by atoms with Crippen LogP contribution in [0.15, 0.2) is 12.4 Å². The lowest BCUT2D eigenvalue weighted by molar-refractivity contribution is -0.135. The maximum atomic E-state index is 12.4. The monoisotopic (exact) mass is 266 g/mol. The molecule has 0 aromatic carbocycles. The summed E-state index contributed by atoms with van der Waals surface area (Å²) >= 11 is 0. The van der Waals surface area contributed by atoms with Crippen LogP contribution in [0.5, 0.6) is 0 Å². The lowest BCUT2D eigenvalue weighted by atomic mass is 10.0. The van der Waals surface area contributed by atoms with Crippen LogP contribution in [0.25, 0.3) is 0 Å². The van der Waals surface area contributed by atoms with E-state index in [1.165, 1.54) is 0 Å². The minimum atomic E-state index is -0.418. The second-order valence-electron chi connectivity index (χ2n) is 5.82. The van der Waals surface area contributed by atoms with E-state index in [-0.39, 0.29) is 11.9 Å². The fourth-order valence-corrected chi connectivity index (χ4v) is 2.09. The number of carbonyl (C=O) groups excluding carboxylic acids is 1. The molecule has 2 N–H and O–H groups in total. The van der Waals surface area contributed by atoms with Crippen LogP contribution in [0.3, 0.4) is 0 Å². The average molecular weight is 266 g/mol. The largest absolute Gasteiger partial charge is 0.334 e. The highest BCUT2D eigenvalue weighted by Crippen LogP contribution is 2.12. The SMILES string of the molecule is CC(C)C[C@@H](N)C(=O)N(Cc1cnn(C)c1)C(C)C. The number of amides is 1. The first-order chi connectivity index (χ1) is 8.81. The first kappa shape index (κ1) is 15.7. The molecule has 108 valence electrons. The summed E-state index contributed by atoms with van der Waals surface area (Å²) in [6.07, 6.45) is 4.43. The Kier molecular flexibility index (Phi) is 5.54. The van der Waals surface area contributed by atoms with Crippen molar-refractivity contribution in [2.75, 3.05) is 0 Å². The molecular formula is C14H26N4O. The predicted octanol–water partition coefficient (Wildman–Crippen LogP) is 1.53. The number of nitrogens with zero attached hydrogens (tertiary/aromatic N) is 3. The van der Waals surface area contributed by atoms with Crippen molar-refractivity contribution in [2.24, 2.45) is 18.7 Å². The van der Waals surface area contributed by atoms with E-state index in [4.69, 9.17) is 5.73 Å². The maximum Gasteiger partial charge on any atom is 0.240 e. The molecule has 0 saturated carbocycles. The molecule has 0 aliphatic carbocycles. The van der Waals surface area contributed by atoms with Crippen LogP contribution < -0.4 is 5.73 Å². The Bertz CT molecular complexity index is 411. The van der Waals surface area contributed by atoms with Gasteiger partial charge >= 0.3 is 0 Å². The smallest absolute Gasteiger partial charge is 0.240 e. The standard InChI is InChI=1S/C14H26N4O/c1-10(2)6-13(15)14(19)18(11(3)4)9-12-7-16-17(5)8-12/h7-8,10-11,13H,6,9,15H2,1-5H3/t13-/m1/s1. The quantitative estimate of drug-likeness (QED) is 0.849. The Balaban J connectivity index is 2.74. The molecule has 1 heterocycles.